The monoisotopic (exact) mass is 370 g/mol. The third-order valence-electron chi connectivity index (χ3n) is 4.46. The van der Waals surface area contributed by atoms with Crippen molar-refractivity contribution in [3.8, 4) is 0 Å². The lowest BCUT2D eigenvalue weighted by molar-refractivity contribution is 0.0525. The average molecular weight is 371 g/mol. The van der Waals surface area contributed by atoms with Gasteiger partial charge >= 0.3 is 5.97 Å². The van der Waals surface area contributed by atoms with Gasteiger partial charge in [-0.05, 0) is 81.2 Å². The van der Waals surface area contributed by atoms with E-state index in [9.17, 15) is 4.79 Å². The fourth-order valence-electron chi connectivity index (χ4n) is 2.67. The highest BCUT2D eigenvalue weighted by Gasteiger charge is 2.14. The summed E-state index contributed by atoms with van der Waals surface area (Å²) in [4.78, 5) is 12.0. The second-order valence-corrected chi connectivity index (χ2v) is 6.77. The van der Waals surface area contributed by atoms with Crippen LogP contribution in [0.1, 0.15) is 52.5 Å². The summed E-state index contributed by atoms with van der Waals surface area (Å²) in [6.45, 7) is 10.3. The number of ether oxygens (including phenoxy) is 1. The first-order valence-corrected chi connectivity index (χ1v) is 9.15. The predicted octanol–water partition coefficient (Wildman–Crippen LogP) is 4.84. The van der Waals surface area contributed by atoms with Crippen molar-refractivity contribution in [3.05, 3.63) is 64.2 Å². The van der Waals surface area contributed by atoms with E-state index >= 15 is 0 Å². The maximum absolute atomic E-state index is 12.0. The molecule has 2 rings (SSSR count). The molecular weight excluding hydrogens is 344 g/mol. The molecular formula is C21H26N2O2S. The maximum Gasteiger partial charge on any atom is 0.338 e. The van der Waals surface area contributed by atoms with E-state index in [0.29, 0.717) is 17.3 Å². The van der Waals surface area contributed by atoms with Gasteiger partial charge in [-0.25, -0.2) is 4.79 Å². The Kier molecular flexibility index (Phi) is 6.75. The number of thiocarbonyl (C=S) groups is 1. The van der Waals surface area contributed by atoms with E-state index in [1.807, 2.05) is 19.1 Å². The first-order chi connectivity index (χ1) is 12.3. The molecule has 0 fully saturated rings. The largest absolute Gasteiger partial charge is 0.462 e. The molecule has 26 heavy (non-hydrogen) atoms. The van der Waals surface area contributed by atoms with Crippen molar-refractivity contribution in [1.82, 2.24) is 5.32 Å². The number of esters is 1. The van der Waals surface area contributed by atoms with Gasteiger partial charge in [0.25, 0.3) is 0 Å². The highest BCUT2D eigenvalue weighted by molar-refractivity contribution is 7.80. The summed E-state index contributed by atoms with van der Waals surface area (Å²) in [6.07, 6.45) is 0. The zero-order valence-electron chi connectivity index (χ0n) is 16.0. The van der Waals surface area contributed by atoms with Crippen LogP contribution >= 0.6 is 12.2 Å². The summed E-state index contributed by atoms with van der Waals surface area (Å²) < 4.78 is 5.10. The first kappa shape index (κ1) is 19.9. The Morgan fingerprint density at radius 2 is 1.88 bits per heavy atom. The number of rotatable bonds is 5. The molecule has 0 aromatic heterocycles. The number of hydrogen-bond donors (Lipinski definition) is 2. The summed E-state index contributed by atoms with van der Waals surface area (Å²) in [7, 11) is 0. The van der Waals surface area contributed by atoms with E-state index in [1.54, 1.807) is 13.0 Å². The molecule has 0 radical (unpaired) electrons. The molecule has 0 unspecified atom stereocenters. The van der Waals surface area contributed by atoms with Crippen LogP contribution < -0.4 is 10.6 Å². The van der Waals surface area contributed by atoms with Crippen LogP contribution in [-0.2, 0) is 4.74 Å². The standard InChI is InChI=1S/C21H26N2O2S/c1-6-25-20(24)18-8-7-9-19(15(18)4)23-21(26)22-16(5)17-11-10-13(2)14(3)12-17/h7-12,16H,6H2,1-5H3,(H2,22,23,26)/t16-/m0/s1. The highest BCUT2D eigenvalue weighted by Crippen LogP contribution is 2.21. The lowest BCUT2D eigenvalue weighted by Gasteiger charge is -2.19. The minimum atomic E-state index is -0.323. The second-order valence-electron chi connectivity index (χ2n) is 6.36. The molecule has 0 saturated heterocycles. The fourth-order valence-corrected chi connectivity index (χ4v) is 2.96. The Bertz CT molecular complexity index is 818. The maximum atomic E-state index is 12.0. The van der Waals surface area contributed by atoms with Crippen LogP contribution in [0.2, 0.25) is 0 Å². The fraction of sp³-hybridized carbons (Fsp3) is 0.333. The molecule has 0 aliphatic heterocycles. The molecule has 0 bridgehead atoms. The molecule has 0 spiro atoms. The molecule has 0 heterocycles. The van der Waals surface area contributed by atoms with Crippen molar-refractivity contribution in [1.29, 1.82) is 0 Å². The van der Waals surface area contributed by atoms with Gasteiger partial charge in [-0.2, -0.15) is 0 Å². The molecule has 5 heteroatoms. The van der Waals surface area contributed by atoms with Gasteiger partial charge in [0.15, 0.2) is 5.11 Å². The number of carbonyl (C=O) groups is 1. The molecule has 0 aliphatic rings. The van der Waals surface area contributed by atoms with Crippen molar-refractivity contribution < 1.29 is 9.53 Å². The van der Waals surface area contributed by atoms with E-state index in [4.69, 9.17) is 17.0 Å². The highest BCUT2D eigenvalue weighted by atomic mass is 32.1. The van der Waals surface area contributed by atoms with Crippen molar-refractivity contribution >= 4 is 29.0 Å². The van der Waals surface area contributed by atoms with Gasteiger partial charge in [-0.15, -0.1) is 0 Å². The number of nitrogens with one attached hydrogen (secondary N) is 2. The van der Waals surface area contributed by atoms with Gasteiger partial charge in [0.1, 0.15) is 0 Å². The van der Waals surface area contributed by atoms with Crippen LogP contribution in [0.25, 0.3) is 0 Å². The Hall–Kier alpha value is -2.40. The Balaban J connectivity index is 2.08. The smallest absolute Gasteiger partial charge is 0.338 e. The van der Waals surface area contributed by atoms with Crippen LogP contribution in [0.15, 0.2) is 36.4 Å². The molecule has 0 amide bonds. The summed E-state index contributed by atoms with van der Waals surface area (Å²) in [5, 5.41) is 7.00. The third kappa shape index (κ3) is 4.82. The molecule has 0 aliphatic carbocycles. The van der Waals surface area contributed by atoms with Crippen molar-refractivity contribution in [3.63, 3.8) is 0 Å². The minimum Gasteiger partial charge on any atom is -0.462 e. The zero-order chi connectivity index (χ0) is 19.3. The Morgan fingerprint density at radius 1 is 1.15 bits per heavy atom. The quantitative estimate of drug-likeness (QED) is 0.583. The van der Waals surface area contributed by atoms with Crippen molar-refractivity contribution in [2.45, 2.75) is 40.7 Å². The van der Waals surface area contributed by atoms with Crippen LogP contribution in [0.3, 0.4) is 0 Å². The van der Waals surface area contributed by atoms with Crippen LogP contribution in [0, 0.1) is 20.8 Å². The third-order valence-corrected chi connectivity index (χ3v) is 4.68. The summed E-state index contributed by atoms with van der Waals surface area (Å²) in [6, 6.07) is 11.9. The average Bonchev–Trinajstić information content (AvgIpc) is 2.59. The predicted molar refractivity (Wildman–Crippen MR) is 111 cm³/mol. The number of carbonyl (C=O) groups excluding carboxylic acids is 1. The molecule has 2 N–H and O–H groups in total. The van der Waals surface area contributed by atoms with E-state index in [2.05, 4.69) is 49.6 Å². The number of benzene rings is 2. The molecule has 0 saturated carbocycles. The normalized spacial score (nSPS) is 11.6. The van der Waals surface area contributed by atoms with Crippen LogP contribution in [0.5, 0.6) is 0 Å². The van der Waals surface area contributed by atoms with Gasteiger partial charge in [-0.1, -0.05) is 24.3 Å². The van der Waals surface area contributed by atoms with E-state index in [-0.39, 0.29) is 12.0 Å². The molecule has 4 nitrogen and oxygen atoms in total. The lowest BCUT2D eigenvalue weighted by atomic mass is 10.0. The van der Waals surface area contributed by atoms with E-state index in [0.717, 1.165) is 11.3 Å². The number of aryl methyl sites for hydroxylation is 2. The molecule has 2 aromatic carbocycles. The topological polar surface area (TPSA) is 50.4 Å². The van der Waals surface area contributed by atoms with Gasteiger partial charge in [0.05, 0.1) is 18.2 Å². The lowest BCUT2D eigenvalue weighted by Crippen LogP contribution is -2.31. The van der Waals surface area contributed by atoms with E-state index in [1.165, 1.54) is 16.7 Å². The number of anilines is 1. The van der Waals surface area contributed by atoms with Crippen LogP contribution in [0.4, 0.5) is 5.69 Å². The molecule has 1 atom stereocenters. The van der Waals surface area contributed by atoms with Crippen molar-refractivity contribution in [2.24, 2.45) is 0 Å². The van der Waals surface area contributed by atoms with E-state index < -0.39 is 0 Å². The Labute approximate surface area is 161 Å². The van der Waals surface area contributed by atoms with Gasteiger partial charge in [-0.3, -0.25) is 0 Å². The van der Waals surface area contributed by atoms with Gasteiger partial charge < -0.3 is 15.4 Å². The molecule has 138 valence electrons. The minimum absolute atomic E-state index is 0.0721. The first-order valence-electron chi connectivity index (χ1n) is 8.74. The van der Waals surface area contributed by atoms with Crippen LogP contribution in [-0.4, -0.2) is 17.7 Å². The molecule has 2 aromatic rings. The summed E-state index contributed by atoms with van der Waals surface area (Å²) in [5.74, 6) is -0.323. The van der Waals surface area contributed by atoms with Crippen molar-refractivity contribution in [2.75, 3.05) is 11.9 Å². The van der Waals surface area contributed by atoms with Gasteiger partial charge in [0.2, 0.25) is 0 Å². The second kappa shape index (κ2) is 8.81. The van der Waals surface area contributed by atoms with Gasteiger partial charge in [0, 0.05) is 5.69 Å². The summed E-state index contributed by atoms with van der Waals surface area (Å²) >= 11 is 5.45. The summed E-state index contributed by atoms with van der Waals surface area (Å²) in [5.41, 5.74) is 5.85. The zero-order valence-corrected chi connectivity index (χ0v) is 16.8. The number of hydrogen-bond acceptors (Lipinski definition) is 3. The Morgan fingerprint density at radius 3 is 2.54 bits per heavy atom. The SMILES string of the molecule is CCOC(=O)c1cccc(NC(=S)N[C@@H](C)c2ccc(C)c(C)c2)c1C.